The first-order chi connectivity index (χ1) is 8.11. The van der Waals surface area contributed by atoms with E-state index in [1.165, 1.54) is 10.5 Å². The maximum atomic E-state index is 11.5. The topological polar surface area (TPSA) is 49.7 Å². The Balaban J connectivity index is 2.20. The maximum absolute atomic E-state index is 11.5. The van der Waals surface area contributed by atoms with Crippen LogP contribution in [0.3, 0.4) is 0 Å². The summed E-state index contributed by atoms with van der Waals surface area (Å²) in [5, 5.41) is 0. The van der Waals surface area contributed by atoms with E-state index in [1.807, 2.05) is 24.3 Å². The Hall–Kier alpha value is -1.97. The number of hydrogen-bond acceptors (Lipinski definition) is 2. The van der Waals surface area contributed by atoms with Crippen LogP contribution in [0.25, 0.3) is 0 Å². The molecular weight excluding hydrogens is 216 g/mol. The molecule has 88 valence electrons. The van der Waals surface area contributed by atoms with Crippen molar-refractivity contribution in [3.8, 4) is 0 Å². The first-order valence-corrected chi connectivity index (χ1v) is 5.56. The van der Waals surface area contributed by atoms with E-state index < -0.39 is 0 Å². The molecular formula is C13H14N2O2. The van der Waals surface area contributed by atoms with E-state index in [2.05, 4.69) is 18.8 Å². The largest absolute Gasteiger partial charge is 0.348 e. The zero-order chi connectivity index (χ0) is 12.4. The molecule has 1 aliphatic rings. The van der Waals surface area contributed by atoms with E-state index >= 15 is 0 Å². The van der Waals surface area contributed by atoms with E-state index in [0.29, 0.717) is 12.2 Å². The summed E-state index contributed by atoms with van der Waals surface area (Å²) in [6.45, 7) is 4.50. The normalized spacial score (nSPS) is 15.4. The summed E-state index contributed by atoms with van der Waals surface area (Å²) in [7, 11) is 0. The highest BCUT2D eigenvalue weighted by molar-refractivity contribution is 6.36. The molecule has 0 fully saturated rings. The number of rotatable bonds is 3. The lowest BCUT2D eigenvalue weighted by molar-refractivity contribution is -0.102. The van der Waals surface area contributed by atoms with Crippen LogP contribution < -0.4 is 4.90 Å². The number of anilines is 1. The molecule has 17 heavy (non-hydrogen) atoms. The van der Waals surface area contributed by atoms with Gasteiger partial charge in [-0.15, -0.1) is 0 Å². The Kier molecular flexibility index (Phi) is 3.04. The Bertz CT molecular complexity index is 475. The van der Waals surface area contributed by atoms with Crippen molar-refractivity contribution in [2.75, 3.05) is 11.4 Å². The predicted molar refractivity (Wildman–Crippen MR) is 66.8 cm³/mol. The van der Waals surface area contributed by atoms with E-state index in [9.17, 15) is 9.59 Å². The van der Waals surface area contributed by atoms with Gasteiger partial charge in [-0.3, -0.25) is 9.69 Å². The highest BCUT2D eigenvalue weighted by Gasteiger charge is 2.24. The van der Waals surface area contributed by atoms with Crippen molar-refractivity contribution in [1.82, 2.24) is 0 Å². The van der Waals surface area contributed by atoms with Gasteiger partial charge in [-0.1, -0.05) is 26.0 Å². The number of hydrogen-bond donors (Lipinski definition) is 0. The van der Waals surface area contributed by atoms with Crippen molar-refractivity contribution >= 4 is 23.7 Å². The lowest BCUT2D eigenvalue weighted by atomic mass is 10.0. The van der Waals surface area contributed by atoms with Crippen LogP contribution in [-0.2, 0) is 4.79 Å². The van der Waals surface area contributed by atoms with Gasteiger partial charge >= 0.3 is 6.03 Å². The van der Waals surface area contributed by atoms with Gasteiger partial charge in [0.25, 0.3) is 0 Å². The van der Waals surface area contributed by atoms with Crippen molar-refractivity contribution < 1.29 is 9.59 Å². The number of nitrogens with zero attached hydrogens (tertiary/aromatic N) is 2. The fourth-order valence-corrected chi connectivity index (χ4v) is 1.75. The van der Waals surface area contributed by atoms with Crippen LogP contribution in [0.1, 0.15) is 25.3 Å². The molecule has 1 aromatic rings. The van der Waals surface area contributed by atoms with Gasteiger partial charge in [0, 0.05) is 5.69 Å². The summed E-state index contributed by atoms with van der Waals surface area (Å²) in [6.07, 6.45) is 0.625. The molecule has 0 saturated carbocycles. The zero-order valence-electron chi connectivity index (χ0n) is 9.88. The molecule has 0 aromatic heterocycles. The van der Waals surface area contributed by atoms with Crippen molar-refractivity contribution in [3.05, 3.63) is 29.8 Å². The van der Waals surface area contributed by atoms with E-state index in [4.69, 9.17) is 0 Å². The molecule has 0 bridgehead atoms. The van der Waals surface area contributed by atoms with Crippen LogP contribution in [-0.4, -0.2) is 24.6 Å². The fraction of sp³-hybridized carbons (Fsp3) is 0.308. The van der Waals surface area contributed by atoms with Crippen LogP contribution in [0.15, 0.2) is 29.3 Å². The molecule has 0 N–H and O–H groups in total. The summed E-state index contributed by atoms with van der Waals surface area (Å²) in [4.78, 5) is 27.3. The van der Waals surface area contributed by atoms with Gasteiger partial charge in [0.15, 0.2) is 6.29 Å². The summed E-state index contributed by atoms with van der Waals surface area (Å²) in [6, 6.07) is 7.38. The Morgan fingerprint density at radius 1 is 1.29 bits per heavy atom. The minimum atomic E-state index is -0.371. The lowest BCUT2D eigenvalue weighted by Crippen LogP contribution is -2.26. The molecule has 0 unspecified atom stereocenters. The smallest absolute Gasteiger partial charge is 0.296 e. The molecule has 0 atom stereocenters. The van der Waals surface area contributed by atoms with Gasteiger partial charge in [0.1, 0.15) is 5.71 Å². The minimum Gasteiger partial charge on any atom is -0.296 e. The SMILES string of the molecule is CC(C)c1ccc(N2CC(C=O)=NC2=O)cc1. The van der Waals surface area contributed by atoms with E-state index in [1.54, 1.807) is 0 Å². The number of carbonyl (C=O) groups excluding carboxylic acids is 2. The predicted octanol–water partition coefficient (Wildman–Crippen LogP) is 2.39. The van der Waals surface area contributed by atoms with Gasteiger partial charge in [0.2, 0.25) is 0 Å². The molecule has 1 heterocycles. The molecule has 4 nitrogen and oxygen atoms in total. The average Bonchev–Trinajstić information content (AvgIpc) is 2.71. The number of carbonyl (C=O) groups is 2. The number of urea groups is 1. The third kappa shape index (κ3) is 2.25. The summed E-state index contributed by atoms with van der Waals surface area (Å²) in [5.41, 5.74) is 2.28. The quantitative estimate of drug-likeness (QED) is 0.748. The molecule has 2 amide bonds. The second-order valence-electron chi connectivity index (χ2n) is 4.34. The second-order valence-corrected chi connectivity index (χ2v) is 4.34. The van der Waals surface area contributed by atoms with E-state index in [-0.39, 0.29) is 18.3 Å². The number of aliphatic imine (C=N–C) groups is 1. The van der Waals surface area contributed by atoms with Crippen LogP contribution in [0.4, 0.5) is 10.5 Å². The Morgan fingerprint density at radius 2 is 1.94 bits per heavy atom. The van der Waals surface area contributed by atoms with Crippen molar-refractivity contribution in [3.63, 3.8) is 0 Å². The van der Waals surface area contributed by atoms with Gasteiger partial charge in [-0.05, 0) is 23.6 Å². The summed E-state index contributed by atoms with van der Waals surface area (Å²) >= 11 is 0. The Morgan fingerprint density at radius 3 is 2.41 bits per heavy atom. The second kappa shape index (κ2) is 4.49. The maximum Gasteiger partial charge on any atom is 0.348 e. The highest BCUT2D eigenvalue weighted by Crippen LogP contribution is 2.22. The lowest BCUT2D eigenvalue weighted by Gasteiger charge is -2.15. The molecule has 1 aliphatic heterocycles. The van der Waals surface area contributed by atoms with Crippen molar-refractivity contribution in [1.29, 1.82) is 0 Å². The van der Waals surface area contributed by atoms with Gasteiger partial charge in [-0.25, -0.2) is 4.79 Å². The number of amides is 2. The third-order valence-electron chi connectivity index (χ3n) is 2.80. The van der Waals surface area contributed by atoms with Crippen LogP contribution in [0.2, 0.25) is 0 Å². The monoisotopic (exact) mass is 230 g/mol. The molecule has 0 aliphatic carbocycles. The summed E-state index contributed by atoms with van der Waals surface area (Å²) in [5.74, 6) is 0.458. The van der Waals surface area contributed by atoms with Crippen molar-refractivity contribution in [2.45, 2.75) is 19.8 Å². The first-order valence-electron chi connectivity index (χ1n) is 5.56. The minimum absolute atomic E-state index is 0.267. The molecule has 4 heteroatoms. The standard InChI is InChI=1S/C13H14N2O2/c1-9(2)10-3-5-12(6-4-10)15-7-11(8-16)14-13(15)17/h3-6,8-9H,7H2,1-2H3. The summed E-state index contributed by atoms with van der Waals surface area (Å²) < 4.78 is 0. The number of aldehydes is 1. The van der Waals surface area contributed by atoms with Gasteiger partial charge in [0.05, 0.1) is 6.54 Å². The van der Waals surface area contributed by atoms with Crippen molar-refractivity contribution in [2.24, 2.45) is 4.99 Å². The number of benzene rings is 1. The molecule has 1 aromatic carbocycles. The van der Waals surface area contributed by atoms with Gasteiger partial charge in [-0.2, -0.15) is 4.99 Å². The molecule has 0 spiro atoms. The van der Waals surface area contributed by atoms with E-state index in [0.717, 1.165) is 5.69 Å². The molecule has 2 rings (SSSR count). The van der Waals surface area contributed by atoms with Crippen LogP contribution in [0.5, 0.6) is 0 Å². The third-order valence-corrected chi connectivity index (χ3v) is 2.80. The first kappa shape index (κ1) is 11.5. The van der Waals surface area contributed by atoms with Crippen LogP contribution >= 0.6 is 0 Å². The zero-order valence-corrected chi connectivity index (χ0v) is 9.88. The Labute approximate surface area is 100.0 Å². The van der Waals surface area contributed by atoms with Crippen LogP contribution in [0, 0.1) is 0 Å². The van der Waals surface area contributed by atoms with Gasteiger partial charge < -0.3 is 0 Å². The average molecular weight is 230 g/mol. The molecule has 0 saturated heterocycles. The molecule has 0 radical (unpaired) electrons. The highest BCUT2D eigenvalue weighted by atomic mass is 16.2. The fourth-order valence-electron chi connectivity index (χ4n) is 1.75.